The minimum atomic E-state index is -0.190. The summed E-state index contributed by atoms with van der Waals surface area (Å²) in [5.74, 6) is -0.190. The highest BCUT2D eigenvalue weighted by molar-refractivity contribution is 5.92. The molecule has 0 aliphatic heterocycles. The molecular formula is C18H19N3O2. The molecule has 0 aliphatic rings. The van der Waals surface area contributed by atoms with Crippen LogP contribution < -0.4 is 5.32 Å². The Hall–Kier alpha value is -2.66. The smallest absolute Gasteiger partial charge is 0.270 e. The predicted molar refractivity (Wildman–Crippen MR) is 89.1 cm³/mol. The van der Waals surface area contributed by atoms with Gasteiger partial charge in [-0.15, -0.1) is 0 Å². The lowest BCUT2D eigenvalue weighted by Gasteiger charge is -2.14. The van der Waals surface area contributed by atoms with Crippen molar-refractivity contribution < 1.29 is 9.53 Å². The Labute approximate surface area is 134 Å². The van der Waals surface area contributed by atoms with E-state index in [0.29, 0.717) is 12.3 Å². The summed E-state index contributed by atoms with van der Waals surface area (Å²) >= 11 is 0. The molecule has 0 saturated carbocycles. The summed E-state index contributed by atoms with van der Waals surface area (Å²) in [7, 11) is 1.60. The summed E-state index contributed by atoms with van der Waals surface area (Å²) < 4.78 is 5.05. The van der Waals surface area contributed by atoms with E-state index in [-0.39, 0.29) is 11.9 Å². The second-order valence-electron chi connectivity index (χ2n) is 5.47. The van der Waals surface area contributed by atoms with Crippen LogP contribution in [0.25, 0.3) is 10.9 Å². The lowest BCUT2D eigenvalue weighted by Crippen LogP contribution is -2.27. The van der Waals surface area contributed by atoms with Crippen LogP contribution in [-0.2, 0) is 11.3 Å². The molecule has 1 atom stereocenters. The van der Waals surface area contributed by atoms with E-state index in [1.54, 1.807) is 13.2 Å². The number of ether oxygens (including phenoxy) is 1. The fourth-order valence-electron chi connectivity index (χ4n) is 2.53. The number of methoxy groups -OCH3 is 1. The average molecular weight is 309 g/mol. The number of fused-ring (bicyclic) bond motifs is 1. The number of benzene rings is 1. The van der Waals surface area contributed by atoms with E-state index in [4.69, 9.17) is 4.74 Å². The van der Waals surface area contributed by atoms with Gasteiger partial charge in [0.2, 0.25) is 0 Å². The van der Waals surface area contributed by atoms with Crippen molar-refractivity contribution in [2.24, 2.45) is 0 Å². The first-order valence-corrected chi connectivity index (χ1v) is 7.50. The van der Waals surface area contributed by atoms with Crippen molar-refractivity contribution in [3.8, 4) is 0 Å². The highest BCUT2D eigenvalue weighted by Gasteiger charge is 2.13. The van der Waals surface area contributed by atoms with Crippen molar-refractivity contribution in [2.75, 3.05) is 7.11 Å². The third-order valence-corrected chi connectivity index (χ3v) is 3.76. The van der Waals surface area contributed by atoms with E-state index in [9.17, 15) is 4.79 Å². The zero-order chi connectivity index (χ0) is 16.2. The highest BCUT2D eigenvalue weighted by Crippen LogP contribution is 2.19. The van der Waals surface area contributed by atoms with Gasteiger partial charge in [0.25, 0.3) is 5.91 Å². The van der Waals surface area contributed by atoms with E-state index in [1.807, 2.05) is 43.5 Å². The first kappa shape index (κ1) is 15.2. The number of carbonyl (C=O) groups excluding carboxylic acids is 1. The standard InChI is InChI=1S/C18H19N3O2/c1-12(13-6-7-16-14(10-13)8-9-19-16)20-18(22)17-5-3-4-15(21-17)11-23-2/h3-10,12,19H,11H2,1-2H3,(H,20,22)/t12-/m1/s1. The van der Waals surface area contributed by atoms with Crippen LogP contribution in [0.2, 0.25) is 0 Å². The van der Waals surface area contributed by atoms with Crippen molar-refractivity contribution in [3.63, 3.8) is 0 Å². The number of carbonyl (C=O) groups is 1. The number of rotatable bonds is 5. The number of nitrogens with one attached hydrogen (secondary N) is 2. The van der Waals surface area contributed by atoms with Gasteiger partial charge in [-0.25, -0.2) is 4.98 Å². The van der Waals surface area contributed by atoms with Crippen LogP contribution in [0.5, 0.6) is 0 Å². The quantitative estimate of drug-likeness (QED) is 0.760. The van der Waals surface area contributed by atoms with Crippen molar-refractivity contribution in [1.29, 1.82) is 0 Å². The van der Waals surface area contributed by atoms with Crippen LogP contribution in [0, 0.1) is 0 Å². The van der Waals surface area contributed by atoms with Crippen LogP contribution in [0.15, 0.2) is 48.7 Å². The maximum atomic E-state index is 12.4. The monoisotopic (exact) mass is 309 g/mol. The number of amides is 1. The van der Waals surface area contributed by atoms with E-state index in [0.717, 1.165) is 22.2 Å². The summed E-state index contributed by atoms with van der Waals surface area (Å²) in [6, 6.07) is 13.4. The lowest BCUT2D eigenvalue weighted by molar-refractivity contribution is 0.0934. The zero-order valence-electron chi connectivity index (χ0n) is 13.2. The number of pyridine rings is 1. The maximum Gasteiger partial charge on any atom is 0.270 e. The normalized spacial score (nSPS) is 12.3. The molecule has 0 fully saturated rings. The van der Waals surface area contributed by atoms with E-state index in [1.165, 1.54) is 0 Å². The molecule has 3 rings (SSSR count). The number of aromatic amines is 1. The zero-order valence-corrected chi connectivity index (χ0v) is 13.2. The molecule has 5 heteroatoms. The van der Waals surface area contributed by atoms with Crippen LogP contribution in [0.4, 0.5) is 0 Å². The van der Waals surface area contributed by atoms with E-state index in [2.05, 4.69) is 21.4 Å². The van der Waals surface area contributed by atoms with Crippen molar-refractivity contribution in [2.45, 2.75) is 19.6 Å². The van der Waals surface area contributed by atoms with Crippen LogP contribution >= 0.6 is 0 Å². The third kappa shape index (κ3) is 3.40. The number of aromatic nitrogens is 2. The molecule has 2 heterocycles. The minimum absolute atomic E-state index is 0.102. The Morgan fingerprint density at radius 1 is 1.30 bits per heavy atom. The molecule has 2 aromatic heterocycles. The second kappa shape index (κ2) is 6.62. The molecule has 23 heavy (non-hydrogen) atoms. The first-order chi connectivity index (χ1) is 11.2. The van der Waals surface area contributed by atoms with Crippen molar-refractivity contribution >= 4 is 16.8 Å². The molecular weight excluding hydrogens is 290 g/mol. The summed E-state index contributed by atoms with van der Waals surface area (Å²) in [5, 5.41) is 4.11. The number of H-pyrrole nitrogens is 1. The molecule has 2 N–H and O–H groups in total. The SMILES string of the molecule is COCc1cccc(C(=O)N[C@H](C)c2ccc3[nH]ccc3c2)n1. The lowest BCUT2D eigenvalue weighted by atomic mass is 10.1. The largest absolute Gasteiger partial charge is 0.378 e. The van der Waals surface area contributed by atoms with Gasteiger partial charge in [-0.3, -0.25) is 4.79 Å². The van der Waals surface area contributed by atoms with Gasteiger partial charge in [0, 0.05) is 18.8 Å². The summed E-state index contributed by atoms with van der Waals surface area (Å²) in [4.78, 5) is 19.8. The molecule has 1 aromatic carbocycles. The van der Waals surface area contributed by atoms with Crippen LogP contribution in [0.3, 0.4) is 0 Å². The molecule has 5 nitrogen and oxygen atoms in total. The molecule has 1 amide bonds. The van der Waals surface area contributed by atoms with Crippen LogP contribution in [-0.4, -0.2) is 23.0 Å². The maximum absolute atomic E-state index is 12.4. The molecule has 0 unspecified atom stereocenters. The average Bonchev–Trinajstić information content (AvgIpc) is 3.03. The molecule has 0 bridgehead atoms. The van der Waals surface area contributed by atoms with Gasteiger partial charge in [0.05, 0.1) is 18.3 Å². The van der Waals surface area contributed by atoms with Gasteiger partial charge >= 0.3 is 0 Å². The Morgan fingerprint density at radius 2 is 2.17 bits per heavy atom. The number of hydrogen-bond acceptors (Lipinski definition) is 3. The molecule has 118 valence electrons. The van der Waals surface area contributed by atoms with Gasteiger partial charge in [0.1, 0.15) is 5.69 Å². The van der Waals surface area contributed by atoms with E-state index >= 15 is 0 Å². The molecule has 3 aromatic rings. The fraction of sp³-hybridized carbons (Fsp3) is 0.222. The topological polar surface area (TPSA) is 67.0 Å². The Bertz CT molecular complexity index is 826. The Kier molecular flexibility index (Phi) is 4.39. The van der Waals surface area contributed by atoms with Crippen LogP contribution in [0.1, 0.15) is 34.7 Å². The first-order valence-electron chi connectivity index (χ1n) is 7.50. The fourth-order valence-corrected chi connectivity index (χ4v) is 2.53. The third-order valence-electron chi connectivity index (χ3n) is 3.76. The minimum Gasteiger partial charge on any atom is -0.378 e. The van der Waals surface area contributed by atoms with Gasteiger partial charge in [-0.2, -0.15) is 0 Å². The van der Waals surface area contributed by atoms with E-state index < -0.39 is 0 Å². The summed E-state index contributed by atoms with van der Waals surface area (Å²) in [5.41, 5.74) is 3.27. The summed E-state index contributed by atoms with van der Waals surface area (Å²) in [6.45, 7) is 2.35. The predicted octanol–water partition coefficient (Wildman–Crippen LogP) is 3.20. The van der Waals surface area contributed by atoms with Gasteiger partial charge < -0.3 is 15.0 Å². The molecule has 0 aliphatic carbocycles. The molecule has 0 spiro atoms. The highest BCUT2D eigenvalue weighted by atomic mass is 16.5. The number of hydrogen-bond donors (Lipinski definition) is 2. The van der Waals surface area contributed by atoms with Gasteiger partial charge in [-0.1, -0.05) is 12.1 Å². The molecule has 0 saturated heterocycles. The van der Waals surface area contributed by atoms with Crippen molar-refractivity contribution in [1.82, 2.24) is 15.3 Å². The number of nitrogens with zero attached hydrogens (tertiary/aromatic N) is 1. The second-order valence-corrected chi connectivity index (χ2v) is 5.47. The summed E-state index contributed by atoms with van der Waals surface area (Å²) in [6.07, 6.45) is 1.91. The molecule has 0 radical (unpaired) electrons. The van der Waals surface area contributed by atoms with Gasteiger partial charge in [0.15, 0.2) is 0 Å². The van der Waals surface area contributed by atoms with Crippen molar-refractivity contribution in [3.05, 3.63) is 65.6 Å². The Morgan fingerprint density at radius 3 is 3.00 bits per heavy atom. The van der Waals surface area contributed by atoms with Gasteiger partial charge in [-0.05, 0) is 48.2 Å². The Balaban J connectivity index is 1.74.